The summed E-state index contributed by atoms with van der Waals surface area (Å²) < 4.78 is 11.0. The maximum atomic E-state index is 13.6. The van der Waals surface area contributed by atoms with E-state index in [9.17, 15) is 14.4 Å². The minimum absolute atomic E-state index is 0.0544. The first-order valence-corrected chi connectivity index (χ1v) is 11.6. The Balaban J connectivity index is 1.67. The van der Waals surface area contributed by atoms with E-state index >= 15 is 0 Å². The lowest BCUT2D eigenvalue weighted by Gasteiger charge is -2.37. The van der Waals surface area contributed by atoms with Crippen molar-refractivity contribution in [1.29, 1.82) is 0 Å². The number of imide groups is 1. The fraction of sp³-hybridized carbons (Fsp3) is 0.375. The minimum atomic E-state index is -0.424. The second-order valence-electron chi connectivity index (χ2n) is 7.99. The topological polar surface area (TPSA) is 76.2 Å². The molecule has 0 aliphatic carbocycles. The van der Waals surface area contributed by atoms with Crippen molar-refractivity contribution in [2.24, 2.45) is 0 Å². The van der Waals surface area contributed by atoms with Gasteiger partial charge in [0.25, 0.3) is 11.8 Å². The molecule has 8 heteroatoms. The predicted molar refractivity (Wildman–Crippen MR) is 122 cm³/mol. The van der Waals surface area contributed by atoms with E-state index in [1.165, 1.54) is 16.2 Å². The maximum Gasteiger partial charge on any atom is 0.338 e. The van der Waals surface area contributed by atoms with E-state index in [4.69, 9.17) is 9.47 Å². The molecule has 1 fully saturated rings. The number of esters is 1. The van der Waals surface area contributed by atoms with Crippen molar-refractivity contribution >= 4 is 40.4 Å². The Bertz CT molecular complexity index is 1030. The highest BCUT2D eigenvalue weighted by Gasteiger charge is 2.44. The van der Waals surface area contributed by atoms with Gasteiger partial charge in [-0.1, -0.05) is 13.0 Å². The van der Waals surface area contributed by atoms with Gasteiger partial charge in [0.05, 0.1) is 35.6 Å². The summed E-state index contributed by atoms with van der Waals surface area (Å²) in [6.07, 6.45) is 0.627. The van der Waals surface area contributed by atoms with Gasteiger partial charge in [0, 0.05) is 18.0 Å². The standard InChI is InChI=1S/C24H26N2O5S/c1-4-11-30-24(29)17-7-9-18(10-8-17)26-22(27)20(19-6-5-12-32-19)21(23(26)28)25-13-15(2)31-16(3)14-25/h5-10,12,15-16H,4,11,13-14H2,1-3H3. The highest BCUT2D eigenvalue weighted by Crippen LogP contribution is 2.37. The SMILES string of the molecule is CCCOC(=O)c1ccc(N2C(=O)C(c3cccs3)=C(N3CC(C)OC(C)C3)C2=O)cc1. The zero-order valence-electron chi connectivity index (χ0n) is 18.4. The van der Waals surface area contributed by atoms with Crippen molar-refractivity contribution in [3.05, 3.63) is 57.9 Å². The van der Waals surface area contributed by atoms with E-state index in [-0.39, 0.29) is 24.0 Å². The number of rotatable bonds is 6. The lowest BCUT2D eigenvalue weighted by molar-refractivity contribution is -0.121. The van der Waals surface area contributed by atoms with Gasteiger partial charge in [-0.2, -0.15) is 0 Å². The Hall–Kier alpha value is -2.97. The summed E-state index contributed by atoms with van der Waals surface area (Å²) in [5.41, 5.74) is 1.62. The number of thiophene rings is 1. The molecular weight excluding hydrogens is 428 g/mol. The van der Waals surface area contributed by atoms with Crippen molar-refractivity contribution in [1.82, 2.24) is 4.90 Å². The Morgan fingerprint density at radius 1 is 1.09 bits per heavy atom. The summed E-state index contributed by atoms with van der Waals surface area (Å²) in [6, 6.07) is 10.1. The molecule has 4 rings (SSSR count). The second kappa shape index (κ2) is 9.26. The van der Waals surface area contributed by atoms with Crippen LogP contribution in [-0.2, 0) is 19.1 Å². The van der Waals surface area contributed by atoms with Crippen LogP contribution in [-0.4, -0.2) is 54.6 Å². The maximum absolute atomic E-state index is 13.6. The van der Waals surface area contributed by atoms with Gasteiger partial charge < -0.3 is 14.4 Å². The molecule has 0 bridgehead atoms. The molecule has 2 atom stereocenters. The average molecular weight is 455 g/mol. The molecule has 2 unspecified atom stereocenters. The molecule has 0 spiro atoms. The summed E-state index contributed by atoms with van der Waals surface area (Å²) in [5, 5.41) is 1.89. The summed E-state index contributed by atoms with van der Waals surface area (Å²) in [7, 11) is 0. The summed E-state index contributed by atoms with van der Waals surface area (Å²) >= 11 is 1.43. The van der Waals surface area contributed by atoms with Crippen molar-refractivity contribution in [2.45, 2.75) is 39.4 Å². The molecule has 0 N–H and O–H groups in total. The van der Waals surface area contributed by atoms with Gasteiger partial charge >= 0.3 is 5.97 Å². The smallest absolute Gasteiger partial charge is 0.338 e. The van der Waals surface area contributed by atoms with E-state index in [1.54, 1.807) is 24.3 Å². The van der Waals surface area contributed by atoms with Gasteiger partial charge in [-0.3, -0.25) is 9.59 Å². The molecule has 0 radical (unpaired) electrons. The van der Waals surface area contributed by atoms with Gasteiger partial charge in [-0.05, 0) is 56.0 Å². The molecule has 2 aromatic rings. The van der Waals surface area contributed by atoms with Crippen LogP contribution in [0.25, 0.3) is 5.57 Å². The number of anilines is 1. The molecule has 32 heavy (non-hydrogen) atoms. The molecule has 2 aliphatic rings. The number of benzene rings is 1. The van der Waals surface area contributed by atoms with Crippen LogP contribution in [0.15, 0.2) is 47.5 Å². The van der Waals surface area contributed by atoms with Crippen LogP contribution in [0.3, 0.4) is 0 Å². The van der Waals surface area contributed by atoms with Gasteiger partial charge in [0.15, 0.2) is 0 Å². The molecular formula is C24H26N2O5S. The number of ether oxygens (including phenoxy) is 2. The normalized spacial score (nSPS) is 21.5. The zero-order chi connectivity index (χ0) is 22.8. The highest BCUT2D eigenvalue weighted by atomic mass is 32.1. The van der Waals surface area contributed by atoms with Crippen molar-refractivity contribution in [2.75, 3.05) is 24.6 Å². The molecule has 3 heterocycles. The van der Waals surface area contributed by atoms with E-state index in [0.717, 1.165) is 11.3 Å². The molecule has 7 nitrogen and oxygen atoms in total. The molecule has 2 amide bonds. The molecule has 1 aromatic carbocycles. The molecule has 1 saturated heterocycles. The molecule has 0 saturated carbocycles. The van der Waals surface area contributed by atoms with Crippen LogP contribution in [0.1, 0.15) is 42.4 Å². The quantitative estimate of drug-likeness (QED) is 0.489. The Labute approximate surface area is 191 Å². The summed E-state index contributed by atoms with van der Waals surface area (Å²) in [5.74, 6) is -1.14. The number of hydrogen-bond acceptors (Lipinski definition) is 7. The monoisotopic (exact) mass is 454 g/mol. The van der Waals surface area contributed by atoms with Crippen LogP contribution in [0.2, 0.25) is 0 Å². The second-order valence-corrected chi connectivity index (χ2v) is 8.94. The first kappa shape index (κ1) is 22.2. The Kier molecular flexibility index (Phi) is 6.43. The number of amides is 2. The van der Waals surface area contributed by atoms with Crippen LogP contribution < -0.4 is 4.90 Å². The van der Waals surface area contributed by atoms with Crippen LogP contribution in [0.5, 0.6) is 0 Å². The van der Waals surface area contributed by atoms with Crippen LogP contribution >= 0.6 is 11.3 Å². The van der Waals surface area contributed by atoms with Gasteiger partial charge in [-0.25, -0.2) is 9.69 Å². The van der Waals surface area contributed by atoms with E-state index in [1.807, 2.05) is 43.2 Å². The van der Waals surface area contributed by atoms with E-state index < -0.39 is 5.97 Å². The fourth-order valence-corrected chi connectivity index (χ4v) is 4.84. The summed E-state index contributed by atoms with van der Waals surface area (Å²) in [6.45, 7) is 7.25. The van der Waals surface area contributed by atoms with Crippen LogP contribution in [0.4, 0.5) is 5.69 Å². The first-order valence-electron chi connectivity index (χ1n) is 10.7. The Morgan fingerprint density at radius 3 is 2.38 bits per heavy atom. The highest BCUT2D eigenvalue weighted by molar-refractivity contribution is 7.11. The van der Waals surface area contributed by atoms with Gasteiger partial charge in [0.2, 0.25) is 0 Å². The van der Waals surface area contributed by atoms with Crippen molar-refractivity contribution in [3.8, 4) is 0 Å². The number of morpholine rings is 1. The van der Waals surface area contributed by atoms with E-state index in [0.29, 0.717) is 42.2 Å². The third kappa shape index (κ3) is 4.20. The van der Waals surface area contributed by atoms with E-state index in [2.05, 4.69) is 0 Å². The number of carbonyl (C=O) groups excluding carboxylic acids is 3. The number of hydrogen-bond donors (Lipinski definition) is 0. The van der Waals surface area contributed by atoms with Crippen molar-refractivity contribution < 1.29 is 23.9 Å². The lowest BCUT2D eigenvalue weighted by atomic mass is 10.1. The first-order chi connectivity index (χ1) is 15.4. The third-order valence-corrected chi connectivity index (χ3v) is 6.25. The largest absolute Gasteiger partial charge is 0.462 e. The molecule has 2 aliphatic heterocycles. The molecule has 1 aromatic heterocycles. The van der Waals surface area contributed by atoms with Crippen LogP contribution in [0, 0.1) is 0 Å². The Morgan fingerprint density at radius 2 is 1.78 bits per heavy atom. The van der Waals surface area contributed by atoms with Crippen molar-refractivity contribution in [3.63, 3.8) is 0 Å². The predicted octanol–water partition coefficient (Wildman–Crippen LogP) is 3.71. The number of nitrogens with zero attached hydrogens (tertiary/aromatic N) is 2. The molecule has 168 valence electrons. The third-order valence-electron chi connectivity index (χ3n) is 5.36. The van der Waals surface area contributed by atoms with Gasteiger partial charge in [-0.15, -0.1) is 11.3 Å². The summed E-state index contributed by atoms with van der Waals surface area (Å²) in [4.78, 5) is 43.1. The fourth-order valence-electron chi connectivity index (χ4n) is 4.07. The lowest BCUT2D eigenvalue weighted by Crippen LogP contribution is -2.47. The zero-order valence-corrected chi connectivity index (χ0v) is 19.2. The number of carbonyl (C=O) groups is 3. The van der Waals surface area contributed by atoms with Gasteiger partial charge in [0.1, 0.15) is 5.70 Å². The average Bonchev–Trinajstić information content (AvgIpc) is 3.37. The minimum Gasteiger partial charge on any atom is -0.462 e.